The van der Waals surface area contributed by atoms with Crippen molar-refractivity contribution in [1.29, 1.82) is 0 Å². The average Bonchev–Trinajstić information content (AvgIpc) is 2.48. The van der Waals surface area contributed by atoms with Gasteiger partial charge in [0.25, 0.3) is 0 Å². The summed E-state index contributed by atoms with van der Waals surface area (Å²) in [4.78, 5) is 2.67. The van der Waals surface area contributed by atoms with Gasteiger partial charge in [0.15, 0.2) is 0 Å². The first-order chi connectivity index (χ1) is 9.12. The first-order valence-corrected chi connectivity index (χ1v) is 7.67. The second-order valence-electron chi connectivity index (χ2n) is 5.98. The fraction of sp³-hybridized carbons (Fsp3) is 0.647. The van der Waals surface area contributed by atoms with Gasteiger partial charge >= 0.3 is 0 Å². The van der Waals surface area contributed by atoms with Crippen LogP contribution in [0.2, 0.25) is 0 Å². The van der Waals surface area contributed by atoms with Crippen molar-refractivity contribution in [2.75, 3.05) is 13.1 Å². The van der Waals surface area contributed by atoms with Crippen LogP contribution in [-0.2, 0) is 0 Å². The molecule has 1 N–H and O–H groups in total. The highest BCUT2D eigenvalue weighted by molar-refractivity contribution is 5.19. The zero-order valence-electron chi connectivity index (χ0n) is 12.8. The molecule has 0 saturated carbocycles. The minimum atomic E-state index is 0.301. The third kappa shape index (κ3) is 3.01. The van der Waals surface area contributed by atoms with E-state index in [0.29, 0.717) is 17.6 Å². The monoisotopic (exact) mass is 260 g/mol. The Bertz CT molecular complexity index is 384. The van der Waals surface area contributed by atoms with E-state index in [-0.39, 0.29) is 0 Å². The maximum atomic E-state index is 3.78. The molecule has 2 unspecified atom stereocenters. The molecule has 1 aromatic carbocycles. The van der Waals surface area contributed by atoms with Gasteiger partial charge in [-0.2, -0.15) is 0 Å². The smallest absolute Gasteiger partial charge is 0.0324 e. The minimum absolute atomic E-state index is 0.301. The highest BCUT2D eigenvalue weighted by Gasteiger charge is 2.37. The van der Waals surface area contributed by atoms with Gasteiger partial charge < -0.3 is 5.32 Å². The van der Waals surface area contributed by atoms with Crippen LogP contribution in [0.4, 0.5) is 0 Å². The summed E-state index contributed by atoms with van der Waals surface area (Å²) >= 11 is 0. The highest BCUT2D eigenvalue weighted by Crippen LogP contribution is 2.30. The molecule has 106 valence electrons. The molecule has 1 saturated heterocycles. The van der Waals surface area contributed by atoms with E-state index >= 15 is 0 Å². The van der Waals surface area contributed by atoms with Crippen molar-refractivity contribution < 1.29 is 0 Å². The number of nitrogens with one attached hydrogen (secondary N) is 1. The zero-order valence-corrected chi connectivity index (χ0v) is 12.8. The number of nitrogens with zero attached hydrogens (tertiary/aromatic N) is 1. The van der Waals surface area contributed by atoms with Gasteiger partial charge in [0.2, 0.25) is 0 Å². The third-order valence-electron chi connectivity index (χ3n) is 4.96. The van der Waals surface area contributed by atoms with Crippen molar-refractivity contribution in [2.45, 2.75) is 58.2 Å². The first kappa shape index (κ1) is 14.5. The molecule has 2 heteroatoms. The Morgan fingerprint density at radius 2 is 1.89 bits per heavy atom. The molecule has 1 aliphatic rings. The van der Waals surface area contributed by atoms with Gasteiger partial charge in [-0.1, -0.05) is 44.2 Å². The molecule has 0 radical (unpaired) electrons. The fourth-order valence-corrected chi connectivity index (χ4v) is 3.21. The van der Waals surface area contributed by atoms with Crippen molar-refractivity contribution in [3.8, 4) is 0 Å². The van der Waals surface area contributed by atoms with Crippen LogP contribution in [0.15, 0.2) is 30.3 Å². The van der Waals surface area contributed by atoms with E-state index in [1.165, 1.54) is 18.4 Å². The maximum absolute atomic E-state index is 3.78. The molecular weight excluding hydrogens is 232 g/mol. The molecule has 0 aliphatic carbocycles. The maximum Gasteiger partial charge on any atom is 0.0324 e. The summed E-state index contributed by atoms with van der Waals surface area (Å²) in [6.45, 7) is 11.5. The normalized spacial score (nSPS) is 25.2. The zero-order chi connectivity index (χ0) is 13.9. The summed E-state index contributed by atoms with van der Waals surface area (Å²) in [5, 5.41) is 3.78. The number of hydrogen-bond acceptors (Lipinski definition) is 2. The van der Waals surface area contributed by atoms with Crippen LogP contribution in [0, 0.1) is 0 Å². The molecule has 2 rings (SSSR count). The van der Waals surface area contributed by atoms with Crippen LogP contribution in [0.5, 0.6) is 0 Å². The molecule has 0 amide bonds. The van der Waals surface area contributed by atoms with Gasteiger partial charge in [-0.25, -0.2) is 0 Å². The predicted molar refractivity (Wildman–Crippen MR) is 82.3 cm³/mol. The van der Waals surface area contributed by atoms with Gasteiger partial charge in [0, 0.05) is 30.7 Å². The molecule has 0 spiro atoms. The summed E-state index contributed by atoms with van der Waals surface area (Å²) in [5.41, 5.74) is 1.73. The van der Waals surface area contributed by atoms with Crippen molar-refractivity contribution in [2.24, 2.45) is 0 Å². The molecule has 0 aromatic heterocycles. The molecule has 1 fully saturated rings. The fourth-order valence-electron chi connectivity index (χ4n) is 3.21. The van der Waals surface area contributed by atoms with E-state index < -0.39 is 0 Å². The number of piperazine rings is 1. The van der Waals surface area contributed by atoms with Crippen LogP contribution < -0.4 is 5.32 Å². The largest absolute Gasteiger partial charge is 0.308 e. The lowest BCUT2D eigenvalue weighted by Crippen LogP contribution is -2.63. The quantitative estimate of drug-likeness (QED) is 0.890. The number of benzene rings is 1. The summed E-state index contributed by atoms with van der Waals surface area (Å²) in [7, 11) is 0. The van der Waals surface area contributed by atoms with E-state index in [4.69, 9.17) is 0 Å². The predicted octanol–water partition coefficient (Wildman–Crippen LogP) is 3.60. The van der Waals surface area contributed by atoms with Crippen LogP contribution in [0.3, 0.4) is 0 Å². The van der Waals surface area contributed by atoms with Gasteiger partial charge in [-0.15, -0.1) is 0 Å². The van der Waals surface area contributed by atoms with Crippen LogP contribution in [-0.4, -0.2) is 29.6 Å². The Kier molecular flexibility index (Phi) is 4.64. The molecule has 1 aromatic rings. The lowest BCUT2D eigenvalue weighted by molar-refractivity contribution is 0.0497. The van der Waals surface area contributed by atoms with Crippen molar-refractivity contribution in [3.05, 3.63) is 35.9 Å². The Morgan fingerprint density at radius 1 is 1.26 bits per heavy atom. The van der Waals surface area contributed by atoms with E-state index in [0.717, 1.165) is 13.1 Å². The lowest BCUT2D eigenvalue weighted by Gasteiger charge is -2.49. The molecule has 19 heavy (non-hydrogen) atoms. The van der Waals surface area contributed by atoms with Gasteiger partial charge in [0.1, 0.15) is 0 Å². The van der Waals surface area contributed by atoms with E-state index in [9.17, 15) is 0 Å². The molecular formula is C17H28N2. The summed E-state index contributed by atoms with van der Waals surface area (Å²) < 4.78 is 0. The number of rotatable bonds is 4. The Hall–Kier alpha value is -0.860. The van der Waals surface area contributed by atoms with Gasteiger partial charge in [-0.05, 0) is 32.3 Å². The van der Waals surface area contributed by atoms with Crippen LogP contribution in [0.1, 0.15) is 52.1 Å². The topological polar surface area (TPSA) is 15.3 Å². The van der Waals surface area contributed by atoms with E-state index in [1.807, 2.05) is 0 Å². The Balaban J connectivity index is 2.17. The second kappa shape index (κ2) is 6.06. The third-order valence-corrected chi connectivity index (χ3v) is 4.96. The highest BCUT2D eigenvalue weighted by atomic mass is 15.3. The first-order valence-electron chi connectivity index (χ1n) is 7.67. The van der Waals surface area contributed by atoms with Crippen molar-refractivity contribution >= 4 is 0 Å². The van der Waals surface area contributed by atoms with E-state index in [1.54, 1.807) is 0 Å². The SMILES string of the molecule is CCC1(CC)CN(C(C)c2ccccc2)C(C)CN1. The Labute approximate surface area is 118 Å². The molecule has 1 heterocycles. The summed E-state index contributed by atoms with van der Waals surface area (Å²) in [6, 6.07) is 12.0. The summed E-state index contributed by atoms with van der Waals surface area (Å²) in [6.07, 6.45) is 2.41. The lowest BCUT2D eigenvalue weighted by atomic mass is 9.87. The van der Waals surface area contributed by atoms with Crippen LogP contribution >= 0.6 is 0 Å². The second-order valence-corrected chi connectivity index (χ2v) is 5.98. The number of hydrogen-bond donors (Lipinski definition) is 1. The van der Waals surface area contributed by atoms with Crippen molar-refractivity contribution in [3.63, 3.8) is 0 Å². The average molecular weight is 260 g/mol. The molecule has 0 bridgehead atoms. The molecule has 1 aliphatic heterocycles. The standard InChI is InChI=1S/C17H28N2/c1-5-17(6-2)13-19(14(3)12-18-17)15(4)16-10-8-7-9-11-16/h7-11,14-15,18H,5-6,12-13H2,1-4H3. The van der Waals surface area contributed by atoms with Gasteiger partial charge in [0.05, 0.1) is 0 Å². The van der Waals surface area contributed by atoms with E-state index in [2.05, 4.69) is 68.2 Å². The molecule has 2 atom stereocenters. The Morgan fingerprint density at radius 3 is 2.47 bits per heavy atom. The van der Waals surface area contributed by atoms with Crippen LogP contribution in [0.25, 0.3) is 0 Å². The molecule has 2 nitrogen and oxygen atoms in total. The minimum Gasteiger partial charge on any atom is -0.308 e. The van der Waals surface area contributed by atoms with Crippen molar-refractivity contribution in [1.82, 2.24) is 10.2 Å². The summed E-state index contributed by atoms with van der Waals surface area (Å²) in [5.74, 6) is 0. The van der Waals surface area contributed by atoms with Gasteiger partial charge in [-0.3, -0.25) is 4.90 Å².